The van der Waals surface area contributed by atoms with Crippen molar-refractivity contribution in [2.24, 2.45) is 5.92 Å². The van der Waals surface area contributed by atoms with Crippen molar-refractivity contribution in [1.29, 1.82) is 5.26 Å². The average Bonchev–Trinajstić information content (AvgIpc) is 2.43. The van der Waals surface area contributed by atoms with Crippen LogP contribution in [-0.4, -0.2) is 24.3 Å². The second-order valence-electron chi connectivity index (χ2n) is 5.71. The van der Waals surface area contributed by atoms with Crippen molar-refractivity contribution in [3.63, 3.8) is 0 Å². The highest BCUT2D eigenvalue weighted by Gasteiger charge is 2.46. The molecule has 114 valence electrons. The summed E-state index contributed by atoms with van der Waals surface area (Å²) < 4.78 is 25.7. The SMILES string of the molecule is N#Cc1ccc2c(c1)N(C(=O)CC1CC(F)(F)C1)CC(=O)N2. The Kier molecular flexibility index (Phi) is 3.32. The quantitative estimate of drug-likeness (QED) is 0.911. The van der Waals surface area contributed by atoms with E-state index >= 15 is 0 Å². The van der Waals surface area contributed by atoms with Crippen LogP contribution in [0.3, 0.4) is 0 Å². The van der Waals surface area contributed by atoms with Crippen molar-refractivity contribution < 1.29 is 18.4 Å². The number of rotatable bonds is 2. The van der Waals surface area contributed by atoms with Crippen molar-refractivity contribution >= 4 is 23.2 Å². The van der Waals surface area contributed by atoms with Gasteiger partial charge in [0.05, 0.1) is 23.0 Å². The van der Waals surface area contributed by atoms with Crippen molar-refractivity contribution in [1.82, 2.24) is 0 Å². The third-order valence-electron chi connectivity index (χ3n) is 3.93. The van der Waals surface area contributed by atoms with Crippen LogP contribution in [0, 0.1) is 17.2 Å². The molecule has 5 nitrogen and oxygen atoms in total. The Morgan fingerprint density at radius 3 is 2.82 bits per heavy atom. The van der Waals surface area contributed by atoms with Gasteiger partial charge >= 0.3 is 0 Å². The number of alkyl halides is 2. The molecule has 0 spiro atoms. The highest BCUT2D eigenvalue weighted by molar-refractivity contribution is 6.10. The number of carbonyl (C=O) groups is 2. The summed E-state index contributed by atoms with van der Waals surface area (Å²) in [5.41, 5.74) is 1.25. The molecule has 2 amide bonds. The Morgan fingerprint density at radius 2 is 2.18 bits per heavy atom. The number of anilines is 2. The molecule has 1 aromatic carbocycles. The summed E-state index contributed by atoms with van der Waals surface area (Å²) in [5.74, 6) is -3.73. The molecule has 0 atom stereocenters. The van der Waals surface area contributed by atoms with Crippen LogP contribution < -0.4 is 10.2 Å². The molecule has 1 aliphatic heterocycles. The van der Waals surface area contributed by atoms with Gasteiger partial charge in [0.25, 0.3) is 0 Å². The minimum atomic E-state index is -2.67. The van der Waals surface area contributed by atoms with Gasteiger partial charge in [-0.15, -0.1) is 0 Å². The fourth-order valence-electron chi connectivity index (χ4n) is 2.86. The molecule has 1 saturated carbocycles. The van der Waals surface area contributed by atoms with Crippen LogP contribution in [0.2, 0.25) is 0 Å². The molecule has 1 fully saturated rings. The fourth-order valence-corrected chi connectivity index (χ4v) is 2.86. The van der Waals surface area contributed by atoms with Crippen LogP contribution in [0.25, 0.3) is 0 Å². The number of hydrogen-bond acceptors (Lipinski definition) is 3. The maximum Gasteiger partial charge on any atom is 0.248 e. The lowest BCUT2D eigenvalue weighted by Crippen LogP contribution is -2.45. The number of nitrogens with one attached hydrogen (secondary N) is 1. The highest BCUT2D eigenvalue weighted by Crippen LogP contribution is 2.44. The number of halogens is 2. The van der Waals surface area contributed by atoms with Gasteiger partial charge in [0, 0.05) is 19.3 Å². The predicted molar refractivity (Wildman–Crippen MR) is 74.4 cm³/mol. The molecule has 0 saturated heterocycles. The lowest BCUT2D eigenvalue weighted by atomic mass is 9.79. The molecule has 22 heavy (non-hydrogen) atoms. The Morgan fingerprint density at radius 1 is 1.45 bits per heavy atom. The van der Waals surface area contributed by atoms with Crippen LogP contribution in [-0.2, 0) is 9.59 Å². The molecular weight excluding hydrogens is 292 g/mol. The summed E-state index contributed by atoms with van der Waals surface area (Å²) >= 11 is 0. The van der Waals surface area contributed by atoms with Crippen LogP contribution in [0.5, 0.6) is 0 Å². The van der Waals surface area contributed by atoms with E-state index in [1.807, 2.05) is 6.07 Å². The van der Waals surface area contributed by atoms with Crippen LogP contribution in [0.4, 0.5) is 20.2 Å². The molecule has 2 aliphatic rings. The predicted octanol–water partition coefficient (Wildman–Crippen LogP) is 2.28. The molecule has 1 aromatic rings. The Hall–Kier alpha value is -2.49. The van der Waals surface area contributed by atoms with Gasteiger partial charge < -0.3 is 10.2 Å². The maximum atomic E-state index is 12.9. The normalized spacial score (nSPS) is 19.7. The van der Waals surface area contributed by atoms with Gasteiger partial charge in [-0.25, -0.2) is 8.78 Å². The van der Waals surface area contributed by atoms with Crippen molar-refractivity contribution in [3.05, 3.63) is 23.8 Å². The number of amides is 2. The number of fused-ring (bicyclic) bond motifs is 1. The van der Waals surface area contributed by atoms with Gasteiger partial charge in [-0.1, -0.05) is 0 Å². The summed E-state index contributed by atoms with van der Waals surface area (Å²) in [4.78, 5) is 25.3. The molecule has 7 heteroatoms. The molecule has 1 aliphatic carbocycles. The van der Waals surface area contributed by atoms with Gasteiger partial charge in [-0.05, 0) is 24.1 Å². The van der Waals surface area contributed by atoms with E-state index in [9.17, 15) is 18.4 Å². The third kappa shape index (κ3) is 2.64. The Balaban J connectivity index is 1.81. The zero-order valence-electron chi connectivity index (χ0n) is 11.6. The summed E-state index contributed by atoms with van der Waals surface area (Å²) in [6, 6.07) is 6.59. The van der Waals surface area contributed by atoms with E-state index in [0.29, 0.717) is 16.9 Å². The highest BCUT2D eigenvalue weighted by atomic mass is 19.3. The molecule has 0 radical (unpaired) electrons. The van der Waals surface area contributed by atoms with Gasteiger partial charge in [0.15, 0.2) is 0 Å². The minimum Gasteiger partial charge on any atom is -0.323 e. The van der Waals surface area contributed by atoms with Crippen molar-refractivity contribution in [3.8, 4) is 6.07 Å². The van der Waals surface area contributed by atoms with E-state index < -0.39 is 5.92 Å². The molecule has 0 unspecified atom stereocenters. The maximum absolute atomic E-state index is 12.9. The van der Waals surface area contributed by atoms with Crippen LogP contribution in [0.15, 0.2) is 18.2 Å². The lowest BCUT2D eigenvalue weighted by Gasteiger charge is -2.36. The van der Waals surface area contributed by atoms with Crippen LogP contribution in [0.1, 0.15) is 24.8 Å². The van der Waals surface area contributed by atoms with Gasteiger partial charge in [0.2, 0.25) is 17.7 Å². The number of carbonyl (C=O) groups excluding carboxylic acids is 2. The zero-order chi connectivity index (χ0) is 15.9. The number of nitrogens with zero attached hydrogens (tertiary/aromatic N) is 2. The molecule has 0 bridgehead atoms. The molecule has 3 rings (SSSR count). The van der Waals surface area contributed by atoms with E-state index in [-0.39, 0.29) is 43.5 Å². The van der Waals surface area contributed by atoms with Gasteiger partial charge in [-0.2, -0.15) is 5.26 Å². The van der Waals surface area contributed by atoms with E-state index in [1.54, 1.807) is 12.1 Å². The average molecular weight is 305 g/mol. The molecular formula is C15H13F2N3O2. The Labute approximate surface area is 125 Å². The monoisotopic (exact) mass is 305 g/mol. The zero-order valence-corrected chi connectivity index (χ0v) is 11.6. The van der Waals surface area contributed by atoms with Crippen molar-refractivity contribution in [2.45, 2.75) is 25.2 Å². The third-order valence-corrected chi connectivity index (χ3v) is 3.93. The Bertz CT molecular complexity index is 689. The van der Waals surface area contributed by atoms with E-state index in [0.717, 1.165) is 0 Å². The first-order valence-electron chi connectivity index (χ1n) is 6.90. The first-order valence-corrected chi connectivity index (χ1v) is 6.90. The molecule has 1 heterocycles. The van der Waals surface area contributed by atoms with Gasteiger partial charge in [-0.3, -0.25) is 9.59 Å². The molecule has 1 N–H and O–H groups in total. The summed E-state index contributed by atoms with van der Waals surface area (Å²) in [7, 11) is 0. The van der Waals surface area contributed by atoms with Crippen molar-refractivity contribution in [2.75, 3.05) is 16.8 Å². The van der Waals surface area contributed by atoms with E-state index in [1.165, 1.54) is 11.0 Å². The number of hydrogen-bond donors (Lipinski definition) is 1. The smallest absolute Gasteiger partial charge is 0.248 e. The number of nitriles is 1. The number of benzene rings is 1. The summed E-state index contributed by atoms with van der Waals surface area (Å²) in [6.45, 7) is -0.163. The van der Waals surface area contributed by atoms with E-state index in [2.05, 4.69) is 5.32 Å². The first-order chi connectivity index (χ1) is 10.4. The molecule has 0 aromatic heterocycles. The van der Waals surface area contributed by atoms with Gasteiger partial charge in [0.1, 0.15) is 6.54 Å². The fraction of sp³-hybridized carbons (Fsp3) is 0.400. The second-order valence-corrected chi connectivity index (χ2v) is 5.71. The minimum absolute atomic E-state index is 0.0148. The first kappa shape index (κ1) is 14.4. The topological polar surface area (TPSA) is 73.2 Å². The second kappa shape index (κ2) is 5.05. The summed E-state index contributed by atoms with van der Waals surface area (Å²) in [6.07, 6.45) is -0.590. The van der Waals surface area contributed by atoms with Crippen LogP contribution >= 0.6 is 0 Å². The summed E-state index contributed by atoms with van der Waals surface area (Å²) in [5, 5.41) is 11.6. The van der Waals surface area contributed by atoms with E-state index in [4.69, 9.17) is 5.26 Å². The standard InChI is InChI=1S/C15H13F2N3O2/c16-15(17)5-10(6-15)4-14(22)20-8-13(21)19-11-2-1-9(7-18)3-12(11)20/h1-3,10H,4-6,8H2,(H,19,21). The lowest BCUT2D eigenvalue weighted by molar-refractivity contribution is -0.132. The largest absolute Gasteiger partial charge is 0.323 e.